The third-order valence-corrected chi connectivity index (χ3v) is 5.94. The Kier molecular flexibility index (Phi) is 13.4. The zero-order valence-electron chi connectivity index (χ0n) is 20.1. The lowest BCUT2D eigenvalue weighted by molar-refractivity contribution is -0.386. The number of hydrogen-bond acceptors (Lipinski definition) is 5. The number of carboxylic acid groups (broad SMARTS) is 1. The predicted molar refractivity (Wildman–Crippen MR) is 127 cm³/mol. The van der Waals surface area contributed by atoms with E-state index in [1.165, 1.54) is 0 Å². The molecule has 7 nitrogen and oxygen atoms in total. The summed E-state index contributed by atoms with van der Waals surface area (Å²) in [7, 11) is 0. The van der Waals surface area contributed by atoms with Gasteiger partial charge < -0.3 is 14.9 Å². The average Bonchev–Trinajstić information content (AvgIpc) is 2.74. The van der Waals surface area contributed by atoms with E-state index < -0.39 is 16.8 Å². The zero-order chi connectivity index (χ0) is 23.9. The molecule has 32 heavy (non-hydrogen) atoms. The van der Waals surface area contributed by atoms with Gasteiger partial charge in [-0.2, -0.15) is 0 Å². The van der Waals surface area contributed by atoms with Gasteiger partial charge in [0.2, 0.25) is 5.75 Å². The maximum absolute atomic E-state index is 12.0. The van der Waals surface area contributed by atoms with Gasteiger partial charge >= 0.3 is 11.8 Å². The SMILES string of the molecule is CCCCCCc1c(CCCCCC)c(OC(=O)O)c(O)c([N+](=O)[O-])c1CCCCCC. The van der Waals surface area contributed by atoms with Crippen LogP contribution in [0.15, 0.2) is 0 Å². The number of unbranched alkanes of at least 4 members (excludes halogenated alkanes) is 9. The number of hydrogen-bond donors (Lipinski definition) is 2. The molecule has 0 saturated heterocycles. The van der Waals surface area contributed by atoms with Crippen LogP contribution < -0.4 is 4.74 Å². The number of benzene rings is 1. The van der Waals surface area contributed by atoms with Gasteiger partial charge in [-0.15, -0.1) is 0 Å². The van der Waals surface area contributed by atoms with Crippen LogP contribution in [-0.4, -0.2) is 21.3 Å². The van der Waals surface area contributed by atoms with Crippen molar-refractivity contribution in [3.05, 3.63) is 26.8 Å². The minimum atomic E-state index is -1.57. The summed E-state index contributed by atoms with van der Waals surface area (Å²) >= 11 is 0. The van der Waals surface area contributed by atoms with Gasteiger partial charge in [0, 0.05) is 11.1 Å². The fraction of sp³-hybridized carbons (Fsp3) is 0.720. The maximum atomic E-state index is 12.0. The fourth-order valence-electron chi connectivity index (χ4n) is 4.27. The van der Waals surface area contributed by atoms with Crippen molar-refractivity contribution in [2.24, 2.45) is 0 Å². The lowest BCUT2D eigenvalue weighted by Crippen LogP contribution is -2.12. The Labute approximate surface area is 192 Å². The van der Waals surface area contributed by atoms with Crippen molar-refractivity contribution in [3.63, 3.8) is 0 Å². The molecule has 0 fully saturated rings. The van der Waals surface area contributed by atoms with Crippen LogP contribution in [-0.2, 0) is 19.3 Å². The molecule has 0 spiro atoms. The van der Waals surface area contributed by atoms with Gasteiger partial charge in [-0.25, -0.2) is 4.79 Å². The molecular weight excluding hydrogens is 410 g/mol. The number of aromatic hydroxyl groups is 1. The molecule has 1 aromatic rings. The monoisotopic (exact) mass is 451 g/mol. The van der Waals surface area contributed by atoms with Gasteiger partial charge in [0.15, 0.2) is 5.75 Å². The van der Waals surface area contributed by atoms with E-state index in [9.17, 15) is 25.1 Å². The highest BCUT2D eigenvalue weighted by Gasteiger charge is 2.32. The first-order valence-corrected chi connectivity index (χ1v) is 12.3. The molecule has 0 amide bonds. The number of nitro groups is 1. The molecular formula is C25H41NO6. The van der Waals surface area contributed by atoms with E-state index in [-0.39, 0.29) is 11.4 Å². The predicted octanol–water partition coefficient (Wildman–Crippen LogP) is 7.73. The number of ether oxygens (including phenoxy) is 1. The number of phenols is 1. The molecule has 0 saturated carbocycles. The molecule has 0 aromatic heterocycles. The molecule has 7 heteroatoms. The van der Waals surface area contributed by atoms with Crippen molar-refractivity contribution >= 4 is 11.8 Å². The Balaban J connectivity index is 3.54. The van der Waals surface area contributed by atoms with E-state index in [0.717, 1.165) is 82.6 Å². The summed E-state index contributed by atoms with van der Waals surface area (Å²) in [4.78, 5) is 22.7. The molecule has 1 rings (SSSR count). The summed E-state index contributed by atoms with van der Waals surface area (Å²) in [6.45, 7) is 6.35. The van der Waals surface area contributed by atoms with Crippen LogP contribution in [0.4, 0.5) is 10.5 Å². The van der Waals surface area contributed by atoms with Crippen LogP contribution in [0.5, 0.6) is 11.5 Å². The number of nitro benzene ring substituents is 1. The molecule has 0 aliphatic carbocycles. The van der Waals surface area contributed by atoms with Crippen LogP contribution in [0, 0.1) is 10.1 Å². The smallest absolute Gasteiger partial charge is 0.499 e. The van der Waals surface area contributed by atoms with Gasteiger partial charge in [-0.05, 0) is 44.1 Å². The summed E-state index contributed by atoms with van der Waals surface area (Å²) in [6.07, 6.45) is 11.9. The van der Waals surface area contributed by atoms with Gasteiger partial charge in [0.25, 0.3) is 0 Å². The Morgan fingerprint density at radius 3 is 1.62 bits per heavy atom. The van der Waals surface area contributed by atoms with Gasteiger partial charge in [0.1, 0.15) is 0 Å². The zero-order valence-corrected chi connectivity index (χ0v) is 20.1. The first-order valence-electron chi connectivity index (χ1n) is 12.3. The van der Waals surface area contributed by atoms with Gasteiger partial charge in [-0.1, -0.05) is 78.6 Å². The third kappa shape index (κ3) is 8.67. The first kappa shape index (κ1) is 27.7. The summed E-state index contributed by atoms with van der Waals surface area (Å²) in [6, 6.07) is 0. The summed E-state index contributed by atoms with van der Waals surface area (Å²) in [5.41, 5.74) is 1.62. The highest BCUT2D eigenvalue weighted by Crippen LogP contribution is 2.46. The molecule has 0 bridgehead atoms. The minimum absolute atomic E-state index is 0.247. The highest BCUT2D eigenvalue weighted by atomic mass is 16.7. The molecule has 182 valence electrons. The van der Waals surface area contributed by atoms with Crippen molar-refractivity contribution in [2.75, 3.05) is 0 Å². The Morgan fingerprint density at radius 1 is 0.781 bits per heavy atom. The fourth-order valence-corrected chi connectivity index (χ4v) is 4.27. The summed E-state index contributed by atoms with van der Waals surface area (Å²) in [5.74, 6) is -0.894. The van der Waals surface area contributed by atoms with Gasteiger partial charge in [-0.3, -0.25) is 10.1 Å². The number of nitrogens with zero attached hydrogens (tertiary/aromatic N) is 1. The van der Waals surface area contributed by atoms with Crippen LogP contribution >= 0.6 is 0 Å². The minimum Gasteiger partial charge on any atom is -0.499 e. The number of rotatable bonds is 17. The Hall–Kier alpha value is -2.31. The van der Waals surface area contributed by atoms with E-state index in [4.69, 9.17) is 4.74 Å². The lowest BCUT2D eigenvalue weighted by Gasteiger charge is -2.20. The van der Waals surface area contributed by atoms with Crippen molar-refractivity contribution in [1.29, 1.82) is 0 Å². The molecule has 0 radical (unpaired) electrons. The molecule has 0 heterocycles. The lowest BCUT2D eigenvalue weighted by atomic mass is 9.87. The molecule has 0 aliphatic heterocycles. The van der Waals surface area contributed by atoms with Crippen molar-refractivity contribution in [1.82, 2.24) is 0 Å². The Bertz CT molecular complexity index is 732. The normalized spacial score (nSPS) is 11.0. The number of carbonyl (C=O) groups is 1. The second kappa shape index (κ2) is 15.5. The van der Waals surface area contributed by atoms with E-state index in [1.807, 2.05) is 0 Å². The summed E-state index contributed by atoms with van der Waals surface area (Å²) in [5, 5.41) is 32.0. The maximum Gasteiger partial charge on any atom is 0.511 e. The van der Waals surface area contributed by atoms with Crippen molar-refractivity contribution in [3.8, 4) is 11.5 Å². The molecule has 0 aliphatic rings. The van der Waals surface area contributed by atoms with Gasteiger partial charge in [0.05, 0.1) is 4.92 Å². The average molecular weight is 452 g/mol. The van der Waals surface area contributed by atoms with Crippen molar-refractivity contribution < 1.29 is 24.7 Å². The van der Waals surface area contributed by atoms with Crippen LogP contribution in [0.1, 0.15) is 115 Å². The van der Waals surface area contributed by atoms with E-state index in [0.29, 0.717) is 30.4 Å². The first-order chi connectivity index (χ1) is 15.4. The second-order valence-corrected chi connectivity index (χ2v) is 8.52. The standard InChI is InChI=1S/C25H41NO6/c1-4-7-10-13-16-19-20(17-14-11-8-5-2)22(26(30)31)23(27)24(32-25(28)29)21(19)18-15-12-9-6-3/h27H,4-18H2,1-3H3,(H,28,29). The van der Waals surface area contributed by atoms with Crippen molar-refractivity contribution in [2.45, 2.75) is 117 Å². The molecule has 0 unspecified atom stereocenters. The van der Waals surface area contributed by atoms with Crippen LogP contribution in [0.3, 0.4) is 0 Å². The second-order valence-electron chi connectivity index (χ2n) is 8.52. The molecule has 0 atom stereocenters. The van der Waals surface area contributed by atoms with Crippen LogP contribution in [0.25, 0.3) is 0 Å². The molecule has 1 aromatic carbocycles. The topological polar surface area (TPSA) is 110 Å². The number of phenolic OH excluding ortho intramolecular Hbond substituents is 1. The van der Waals surface area contributed by atoms with E-state index >= 15 is 0 Å². The van der Waals surface area contributed by atoms with E-state index in [2.05, 4.69) is 20.8 Å². The molecule has 2 N–H and O–H groups in total. The largest absolute Gasteiger partial charge is 0.511 e. The third-order valence-electron chi connectivity index (χ3n) is 5.94. The quantitative estimate of drug-likeness (QED) is 0.0824. The summed E-state index contributed by atoms with van der Waals surface area (Å²) < 4.78 is 4.95. The van der Waals surface area contributed by atoms with Crippen LogP contribution in [0.2, 0.25) is 0 Å². The Morgan fingerprint density at radius 2 is 1.22 bits per heavy atom. The van der Waals surface area contributed by atoms with E-state index in [1.54, 1.807) is 0 Å². The highest BCUT2D eigenvalue weighted by molar-refractivity contribution is 5.72.